The van der Waals surface area contributed by atoms with Crippen LogP contribution in [-0.4, -0.2) is 23.2 Å². The summed E-state index contributed by atoms with van der Waals surface area (Å²) in [4.78, 5) is 7.59. The van der Waals surface area contributed by atoms with E-state index in [0.717, 1.165) is 21.9 Å². The number of nitrogens with one attached hydrogen (secondary N) is 1. The molecular weight excluding hydrogens is 219 g/mol. The summed E-state index contributed by atoms with van der Waals surface area (Å²) in [5.74, 6) is 0.668. The first kappa shape index (κ1) is 10.1. The molecule has 0 radical (unpaired) electrons. The van der Waals surface area contributed by atoms with Crippen molar-refractivity contribution in [1.29, 1.82) is 0 Å². The van der Waals surface area contributed by atoms with Gasteiger partial charge in [-0.15, -0.1) is 0 Å². The van der Waals surface area contributed by atoms with Crippen molar-refractivity contribution in [2.24, 2.45) is 0 Å². The molecule has 0 aliphatic rings. The summed E-state index contributed by atoms with van der Waals surface area (Å²) in [6, 6.07) is 9.50. The Morgan fingerprint density at radius 1 is 1.24 bits per heavy atom. The fourth-order valence-electron chi connectivity index (χ4n) is 1.95. The van der Waals surface area contributed by atoms with Gasteiger partial charge in [0.05, 0.1) is 16.6 Å². The third-order valence-electron chi connectivity index (χ3n) is 2.67. The zero-order valence-corrected chi connectivity index (χ0v) is 9.11. The summed E-state index contributed by atoms with van der Waals surface area (Å²) in [7, 11) is 0. The molecule has 0 saturated heterocycles. The fourth-order valence-corrected chi connectivity index (χ4v) is 1.95. The van der Waals surface area contributed by atoms with E-state index in [0.29, 0.717) is 5.75 Å². The van der Waals surface area contributed by atoms with Gasteiger partial charge in [-0.25, -0.2) is 4.39 Å². The molecule has 0 amide bonds. The van der Waals surface area contributed by atoms with Crippen molar-refractivity contribution in [3.8, 4) is 5.75 Å². The minimum absolute atomic E-state index is 0.0873. The molecule has 0 unspecified atom stereocenters. The maximum atomic E-state index is 12.0. The number of H-pyrrole nitrogens is 1. The number of alkyl halides is 1. The molecule has 1 aromatic carbocycles. The Hall–Kier alpha value is -2.10. The van der Waals surface area contributed by atoms with Crippen LogP contribution in [0.5, 0.6) is 5.75 Å². The third kappa shape index (κ3) is 1.71. The van der Waals surface area contributed by atoms with Crippen LogP contribution in [0.25, 0.3) is 21.9 Å². The molecule has 1 N–H and O–H groups in total. The molecular formula is C13H11FN2O. The van der Waals surface area contributed by atoms with Crippen LogP contribution < -0.4 is 4.74 Å². The first-order chi connectivity index (χ1) is 8.38. The van der Waals surface area contributed by atoms with E-state index >= 15 is 0 Å². The highest BCUT2D eigenvalue weighted by atomic mass is 19.1. The van der Waals surface area contributed by atoms with Gasteiger partial charge in [0, 0.05) is 17.6 Å². The van der Waals surface area contributed by atoms with E-state index in [4.69, 9.17) is 4.74 Å². The predicted octanol–water partition coefficient (Wildman–Crippen LogP) is 3.06. The lowest BCUT2D eigenvalue weighted by Crippen LogP contribution is -1.98. The Morgan fingerprint density at radius 2 is 2.18 bits per heavy atom. The van der Waals surface area contributed by atoms with E-state index in [1.807, 2.05) is 30.3 Å². The summed E-state index contributed by atoms with van der Waals surface area (Å²) in [6.07, 6.45) is 1.77. The summed E-state index contributed by atoms with van der Waals surface area (Å²) in [5, 5.41) is 1.05. The molecule has 0 spiro atoms. The van der Waals surface area contributed by atoms with E-state index in [1.165, 1.54) is 0 Å². The monoisotopic (exact) mass is 230 g/mol. The van der Waals surface area contributed by atoms with E-state index in [-0.39, 0.29) is 6.61 Å². The molecule has 3 aromatic rings. The first-order valence-corrected chi connectivity index (χ1v) is 5.44. The van der Waals surface area contributed by atoms with Crippen LogP contribution in [0.4, 0.5) is 4.39 Å². The van der Waals surface area contributed by atoms with Gasteiger partial charge in [-0.2, -0.15) is 0 Å². The Bertz CT molecular complexity index is 663. The van der Waals surface area contributed by atoms with Crippen LogP contribution in [0.3, 0.4) is 0 Å². The van der Waals surface area contributed by atoms with Crippen molar-refractivity contribution in [2.75, 3.05) is 13.3 Å². The number of aromatic nitrogens is 2. The number of benzene rings is 1. The normalized spacial score (nSPS) is 11.1. The van der Waals surface area contributed by atoms with Crippen molar-refractivity contribution >= 4 is 21.9 Å². The van der Waals surface area contributed by atoms with Gasteiger partial charge in [-0.05, 0) is 24.3 Å². The Labute approximate surface area is 97.2 Å². The molecule has 86 valence electrons. The zero-order chi connectivity index (χ0) is 11.7. The zero-order valence-electron chi connectivity index (χ0n) is 9.11. The number of fused-ring (bicyclic) bond motifs is 3. The molecule has 0 aliphatic heterocycles. The van der Waals surface area contributed by atoms with E-state index in [1.54, 1.807) is 6.20 Å². The summed E-state index contributed by atoms with van der Waals surface area (Å²) < 4.78 is 17.3. The average molecular weight is 230 g/mol. The van der Waals surface area contributed by atoms with Crippen LogP contribution in [0, 0.1) is 0 Å². The minimum Gasteiger partial charge on any atom is -0.491 e. The third-order valence-corrected chi connectivity index (χ3v) is 2.67. The summed E-state index contributed by atoms with van der Waals surface area (Å²) >= 11 is 0. The number of rotatable bonds is 3. The smallest absolute Gasteiger partial charge is 0.123 e. The number of pyridine rings is 1. The quantitative estimate of drug-likeness (QED) is 0.750. The van der Waals surface area contributed by atoms with Crippen LogP contribution in [0.2, 0.25) is 0 Å². The molecule has 0 fully saturated rings. The highest BCUT2D eigenvalue weighted by Gasteiger charge is 2.05. The fraction of sp³-hybridized carbons (Fsp3) is 0.154. The van der Waals surface area contributed by atoms with Crippen molar-refractivity contribution in [3.63, 3.8) is 0 Å². The van der Waals surface area contributed by atoms with Gasteiger partial charge in [-0.3, -0.25) is 4.98 Å². The van der Waals surface area contributed by atoms with Gasteiger partial charge in [0.15, 0.2) is 0 Å². The molecule has 2 aromatic heterocycles. The van der Waals surface area contributed by atoms with Crippen molar-refractivity contribution in [3.05, 3.63) is 36.5 Å². The second kappa shape index (κ2) is 4.05. The molecule has 17 heavy (non-hydrogen) atoms. The van der Waals surface area contributed by atoms with E-state index in [9.17, 15) is 4.39 Å². The number of ether oxygens (including phenoxy) is 1. The number of hydrogen-bond acceptors (Lipinski definition) is 2. The van der Waals surface area contributed by atoms with E-state index < -0.39 is 6.67 Å². The Balaban J connectivity index is 2.13. The molecule has 0 saturated carbocycles. The van der Waals surface area contributed by atoms with Gasteiger partial charge in [0.1, 0.15) is 19.0 Å². The molecule has 3 nitrogen and oxygen atoms in total. The van der Waals surface area contributed by atoms with E-state index in [2.05, 4.69) is 9.97 Å². The largest absolute Gasteiger partial charge is 0.491 e. The minimum atomic E-state index is -0.480. The highest BCUT2D eigenvalue weighted by Crippen LogP contribution is 2.26. The van der Waals surface area contributed by atoms with Gasteiger partial charge in [0.2, 0.25) is 0 Å². The number of halogens is 1. The first-order valence-electron chi connectivity index (χ1n) is 5.44. The summed E-state index contributed by atoms with van der Waals surface area (Å²) in [6.45, 7) is -0.393. The molecule has 0 atom stereocenters. The second-order valence-electron chi connectivity index (χ2n) is 3.77. The SMILES string of the molecule is FCCOc1ccc2c(c1)[nH]c1cccnc12. The molecule has 2 heterocycles. The average Bonchev–Trinajstić information content (AvgIpc) is 2.74. The van der Waals surface area contributed by atoms with Crippen LogP contribution in [-0.2, 0) is 0 Å². The lowest BCUT2D eigenvalue weighted by Gasteiger charge is -2.02. The van der Waals surface area contributed by atoms with Crippen LogP contribution >= 0.6 is 0 Å². The van der Waals surface area contributed by atoms with Gasteiger partial charge in [-0.1, -0.05) is 0 Å². The highest BCUT2D eigenvalue weighted by molar-refractivity contribution is 6.05. The summed E-state index contributed by atoms with van der Waals surface area (Å²) in [5.41, 5.74) is 2.89. The predicted molar refractivity (Wildman–Crippen MR) is 65.1 cm³/mol. The number of nitrogens with zero attached hydrogens (tertiary/aromatic N) is 1. The maximum absolute atomic E-state index is 12.0. The Kier molecular flexibility index (Phi) is 2.40. The van der Waals surface area contributed by atoms with Crippen LogP contribution in [0.1, 0.15) is 0 Å². The van der Waals surface area contributed by atoms with Gasteiger partial charge < -0.3 is 9.72 Å². The maximum Gasteiger partial charge on any atom is 0.123 e. The van der Waals surface area contributed by atoms with Crippen LogP contribution in [0.15, 0.2) is 36.5 Å². The second-order valence-corrected chi connectivity index (χ2v) is 3.77. The molecule has 0 aliphatic carbocycles. The van der Waals surface area contributed by atoms with Crippen molar-refractivity contribution in [1.82, 2.24) is 9.97 Å². The molecule has 4 heteroatoms. The molecule has 0 bridgehead atoms. The van der Waals surface area contributed by atoms with Gasteiger partial charge in [0.25, 0.3) is 0 Å². The molecule has 3 rings (SSSR count). The lowest BCUT2D eigenvalue weighted by molar-refractivity contribution is 0.273. The number of aromatic amines is 1. The van der Waals surface area contributed by atoms with Crippen molar-refractivity contribution in [2.45, 2.75) is 0 Å². The topological polar surface area (TPSA) is 37.9 Å². The lowest BCUT2D eigenvalue weighted by atomic mass is 10.2. The van der Waals surface area contributed by atoms with Gasteiger partial charge >= 0.3 is 0 Å². The standard InChI is InChI=1S/C13H11FN2O/c14-5-7-17-9-3-4-10-12(8-9)16-11-2-1-6-15-13(10)11/h1-4,6,8,16H,5,7H2. The van der Waals surface area contributed by atoms with Crippen molar-refractivity contribution < 1.29 is 9.13 Å². The Morgan fingerprint density at radius 3 is 3.06 bits per heavy atom. The number of hydrogen-bond donors (Lipinski definition) is 1.